The predicted molar refractivity (Wildman–Crippen MR) is 105 cm³/mol. The summed E-state index contributed by atoms with van der Waals surface area (Å²) in [6, 6.07) is 3.33. The number of aliphatic carboxylic acids is 1. The van der Waals surface area contributed by atoms with Gasteiger partial charge in [-0.3, -0.25) is 9.59 Å². The number of rotatable bonds is 10. The summed E-state index contributed by atoms with van der Waals surface area (Å²) in [6.07, 6.45) is 0.493. The summed E-state index contributed by atoms with van der Waals surface area (Å²) in [5, 5.41) is 23.4. The van der Waals surface area contributed by atoms with Crippen molar-refractivity contribution in [2.24, 2.45) is 11.7 Å². The minimum Gasteiger partial charge on any atom is -0.508 e. The van der Waals surface area contributed by atoms with Gasteiger partial charge in [0.05, 0.1) is 6.04 Å². The zero-order valence-electron chi connectivity index (χ0n) is 15.4. The smallest absolute Gasteiger partial charge is 0.326 e. The van der Waals surface area contributed by atoms with Crippen LogP contribution in [0, 0.1) is 5.92 Å². The van der Waals surface area contributed by atoms with Crippen LogP contribution in [0.25, 0.3) is 0 Å². The highest BCUT2D eigenvalue weighted by molar-refractivity contribution is 7.80. The van der Waals surface area contributed by atoms with E-state index >= 15 is 0 Å². The molecule has 0 aliphatic rings. The van der Waals surface area contributed by atoms with Crippen LogP contribution in [0.1, 0.15) is 25.8 Å². The molecule has 3 atom stereocenters. The predicted octanol–water partition coefficient (Wildman–Crippen LogP) is 0.292. The van der Waals surface area contributed by atoms with Gasteiger partial charge in [0.15, 0.2) is 0 Å². The molecule has 2 amide bonds. The van der Waals surface area contributed by atoms with Crippen molar-refractivity contribution in [3.63, 3.8) is 0 Å². The van der Waals surface area contributed by atoms with Crippen LogP contribution in [-0.4, -0.2) is 51.9 Å². The zero-order valence-corrected chi connectivity index (χ0v) is 16.3. The average molecular weight is 397 g/mol. The topological polar surface area (TPSA) is 142 Å². The number of hydrogen-bond donors (Lipinski definition) is 6. The molecule has 6 N–H and O–H groups in total. The van der Waals surface area contributed by atoms with Gasteiger partial charge < -0.3 is 26.6 Å². The maximum atomic E-state index is 12.3. The van der Waals surface area contributed by atoms with E-state index in [1.165, 1.54) is 12.1 Å². The van der Waals surface area contributed by atoms with Crippen LogP contribution in [0.15, 0.2) is 24.3 Å². The Hall–Kier alpha value is -2.26. The van der Waals surface area contributed by atoms with Crippen molar-refractivity contribution in [1.29, 1.82) is 0 Å². The number of carbonyl (C=O) groups excluding carboxylic acids is 2. The highest BCUT2D eigenvalue weighted by Crippen LogP contribution is 2.11. The van der Waals surface area contributed by atoms with Crippen LogP contribution in [0.2, 0.25) is 0 Å². The number of benzene rings is 1. The Kier molecular flexibility index (Phi) is 9.10. The fourth-order valence-corrected chi connectivity index (χ4v) is 2.67. The third kappa shape index (κ3) is 7.88. The maximum absolute atomic E-state index is 12.3. The number of nitrogens with one attached hydrogen (secondary N) is 2. The van der Waals surface area contributed by atoms with Crippen molar-refractivity contribution in [3.05, 3.63) is 29.8 Å². The Morgan fingerprint density at radius 3 is 2.11 bits per heavy atom. The maximum Gasteiger partial charge on any atom is 0.326 e. The second-order valence-corrected chi connectivity index (χ2v) is 7.11. The number of carbonyl (C=O) groups is 3. The van der Waals surface area contributed by atoms with Gasteiger partial charge in [-0.2, -0.15) is 12.6 Å². The first-order chi connectivity index (χ1) is 12.6. The molecule has 3 unspecified atom stereocenters. The van der Waals surface area contributed by atoms with Gasteiger partial charge >= 0.3 is 5.97 Å². The molecular weight excluding hydrogens is 370 g/mol. The number of carboxylic acid groups (broad SMARTS) is 1. The first-order valence-corrected chi connectivity index (χ1v) is 9.25. The van der Waals surface area contributed by atoms with Crippen LogP contribution in [-0.2, 0) is 20.8 Å². The van der Waals surface area contributed by atoms with E-state index in [1.807, 2.05) is 13.8 Å². The number of carboxylic acids is 1. The molecule has 0 saturated carbocycles. The molecule has 0 aliphatic heterocycles. The molecule has 0 bridgehead atoms. The summed E-state index contributed by atoms with van der Waals surface area (Å²) in [5.41, 5.74) is 6.64. The summed E-state index contributed by atoms with van der Waals surface area (Å²) < 4.78 is 0. The van der Waals surface area contributed by atoms with Gasteiger partial charge in [-0.25, -0.2) is 4.79 Å². The molecule has 0 radical (unpaired) electrons. The van der Waals surface area contributed by atoms with Crippen molar-refractivity contribution in [3.8, 4) is 5.75 Å². The number of phenols is 1. The molecule has 8 nitrogen and oxygen atoms in total. The molecule has 1 aromatic carbocycles. The van der Waals surface area contributed by atoms with E-state index in [2.05, 4.69) is 23.3 Å². The summed E-state index contributed by atoms with van der Waals surface area (Å²) in [7, 11) is 0. The molecule has 0 spiro atoms. The lowest BCUT2D eigenvalue weighted by atomic mass is 10.0. The van der Waals surface area contributed by atoms with Gasteiger partial charge in [0.2, 0.25) is 11.8 Å². The van der Waals surface area contributed by atoms with Crippen molar-refractivity contribution in [2.75, 3.05) is 5.75 Å². The summed E-state index contributed by atoms with van der Waals surface area (Å²) in [6.45, 7) is 3.70. The lowest BCUT2D eigenvalue weighted by Gasteiger charge is -2.22. The number of aromatic hydroxyl groups is 1. The standard InChI is InChI=1S/C18H27N3O5S/c1-10(2)7-14(18(25)26)20-17(24)15(9-27)21-16(23)13(19)8-11-3-5-12(22)6-4-11/h3-6,10,13-15,22,27H,7-9,19H2,1-2H3,(H,20,24)(H,21,23)(H,25,26). The van der Waals surface area contributed by atoms with E-state index in [4.69, 9.17) is 5.73 Å². The molecule has 1 rings (SSSR count). The molecular formula is C18H27N3O5S. The second kappa shape index (κ2) is 10.8. The fraction of sp³-hybridized carbons (Fsp3) is 0.500. The van der Waals surface area contributed by atoms with E-state index in [-0.39, 0.29) is 30.3 Å². The average Bonchev–Trinajstić information content (AvgIpc) is 2.60. The lowest BCUT2D eigenvalue weighted by Crippen LogP contribution is -2.55. The van der Waals surface area contributed by atoms with Crippen LogP contribution >= 0.6 is 12.6 Å². The van der Waals surface area contributed by atoms with Crippen molar-refractivity contribution in [2.45, 2.75) is 44.8 Å². The quantitative estimate of drug-likeness (QED) is 0.314. The normalized spacial score (nSPS) is 14.3. The van der Waals surface area contributed by atoms with Crippen molar-refractivity contribution in [1.82, 2.24) is 10.6 Å². The number of nitrogens with two attached hydrogens (primary N) is 1. The second-order valence-electron chi connectivity index (χ2n) is 6.75. The Morgan fingerprint density at radius 1 is 1.07 bits per heavy atom. The van der Waals surface area contributed by atoms with Gasteiger partial charge in [-0.05, 0) is 36.5 Å². The minimum atomic E-state index is -1.13. The first-order valence-electron chi connectivity index (χ1n) is 8.62. The van der Waals surface area contributed by atoms with Gasteiger partial charge in [-0.1, -0.05) is 26.0 Å². The van der Waals surface area contributed by atoms with E-state index in [1.54, 1.807) is 12.1 Å². The molecule has 0 aliphatic carbocycles. The molecule has 150 valence electrons. The SMILES string of the molecule is CC(C)CC(NC(=O)C(CS)NC(=O)C(N)Cc1ccc(O)cc1)C(=O)O. The third-order valence-electron chi connectivity index (χ3n) is 3.87. The number of thiol groups is 1. The Bertz CT molecular complexity index is 651. The Balaban J connectivity index is 2.66. The third-order valence-corrected chi connectivity index (χ3v) is 4.23. The van der Waals surface area contributed by atoms with Crippen LogP contribution < -0.4 is 16.4 Å². The first kappa shape index (κ1) is 22.8. The fourth-order valence-electron chi connectivity index (χ4n) is 2.42. The van der Waals surface area contributed by atoms with Crippen LogP contribution in [0.4, 0.5) is 0 Å². The zero-order chi connectivity index (χ0) is 20.6. The molecule has 27 heavy (non-hydrogen) atoms. The molecule has 9 heteroatoms. The minimum absolute atomic E-state index is 0.00246. The van der Waals surface area contributed by atoms with E-state index in [9.17, 15) is 24.6 Å². The number of hydrogen-bond acceptors (Lipinski definition) is 6. The largest absolute Gasteiger partial charge is 0.508 e. The Morgan fingerprint density at radius 2 is 1.63 bits per heavy atom. The van der Waals surface area contributed by atoms with Gasteiger partial charge in [0, 0.05) is 5.75 Å². The van der Waals surface area contributed by atoms with E-state index in [0.29, 0.717) is 0 Å². The number of amides is 2. The van der Waals surface area contributed by atoms with Gasteiger partial charge in [-0.15, -0.1) is 0 Å². The van der Waals surface area contributed by atoms with Crippen LogP contribution in [0.3, 0.4) is 0 Å². The summed E-state index contributed by atoms with van der Waals surface area (Å²) in [5.74, 6) is -2.12. The molecule has 0 aromatic heterocycles. The molecule has 0 fully saturated rings. The van der Waals surface area contributed by atoms with Gasteiger partial charge in [0.25, 0.3) is 0 Å². The van der Waals surface area contributed by atoms with Gasteiger partial charge in [0.1, 0.15) is 17.8 Å². The highest BCUT2D eigenvalue weighted by Gasteiger charge is 2.27. The van der Waals surface area contributed by atoms with E-state index < -0.39 is 35.9 Å². The summed E-state index contributed by atoms with van der Waals surface area (Å²) >= 11 is 4.06. The van der Waals surface area contributed by atoms with E-state index in [0.717, 1.165) is 5.56 Å². The molecule has 0 saturated heterocycles. The highest BCUT2D eigenvalue weighted by atomic mass is 32.1. The molecule has 0 heterocycles. The monoisotopic (exact) mass is 397 g/mol. The molecule has 1 aromatic rings. The summed E-state index contributed by atoms with van der Waals surface area (Å²) in [4.78, 5) is 35.9. The lowest BCUT2D eigenvalue weighted by molar-refractivity contribution is -0.142. The van der Waals surface area contributed by atoms with Crippen LogP contribution in [0.5, 0.6) is 5.75 Å². The van der Waals surface area contributed by atoms with Crippen molar-refractivity contribution >= 4 is 30.4 Å². The Labute approximate surface area is 163 Å². The van der Waals surface area contributed by atoms with Crippen molar-refractivity contribution < 1.29 is 24.6 Å². The number of phenolic OH excluding ortho intramolecular Hbond substituents is 1.